The highest BCUT2D eigenvalue weighted by atomic mass is 35.5. The topological polar surface area (TPSA) is 152 Å². The summed E-state index contributed by atoms with van der Waals surface area (Å²) in [5.41, 5.74) is 13.1. The fourth-order valence-corrected chi connectivity index (χ4v) is 8.02. The first kappa shape index (κ1) is 32.1. The summed E-state index contributed by atoms with van der Waals surface area (Å²) in [4.78, 5) is 21.8. The third kappa shape index (κ3) is 5.40. The van der Waals surface area contributed by atoms with Crippen LogP contribution in [0.15, 0.2) is 30.7 Å². The zero-order valence-electron chi connectivity index (χ0n) is 26.4. The minimum atomic E-state index is -0.779. The number of ether oxygens (including phenoxy) is 2. The zero-order valence-corrected chi connectivity index (χ0v) is 27.9. The molecule has 7 rings (SSSR count). The molecule has 2 aliphatic heterocycles. The van der Waals surface area contributed by atoms with Crippen LogP contribution in [0.4, 0.5) is 25.4 Å². The first-order valence-corrected chi connectivity index (χ1v) is 16.7. The van der Waals surface area contributed by atoms with Crippen molar-refractivity contribution in [2.24, 2.45) is 0 Å². The van der Waals surface area contributed by atoms with Crippen molar-refractivity contribution in [2.45, 2.75) is 50.9 Å². The van der Waals surface area contributed by atoms with E-state index in [9.17, 15) is 9.65 Å². The van der Waals surface area contributed by atoms with Crippen molar-refractivity contribution in [2.75, 3.05) is 43.2 Å². The van der Waals surface area contributed by atoms with Crippen LogP contribution in [0.25, 0.3) is 32.1 Å². The summed E-state index contributed by atoms with van der Waals surface area (Å²) in [6, 6.07) is 6.23. The Balaban J connectivity index is 1.37. The molecule has 2 aromatic carbocycles. The van der Waals surface area contributed by atoms with Crippen LogP contribution in [0.3, 0.4) is 0 Å². The molecule has 2 fully saturated rings. The van der Waals surface area contributed by atoms with Crippen LogP contribution in [0.5, 0.6) is 6.01 Å². The quantitative estimate of drug-likeness (QED) is 0.204. The second-order valence-corrected chi connectivity index (χ2v) is 13.7. The predicted octanol–water partition coefficient (Wildman–Crippen LogP) is 6.10. The summed E-state index contributed by atoms with van der Waals surface area (Å²) >= 11 is 7.76. The molecule has 3 aromatic heterocycles. The lowest BCUT2D eigenvalue weighted by Gasteiger charge is -2.37. The van der Waals surface area contributed by atoms with Crippen molar-refractivity contribution in [3.05, 3.63) is 58.5 Å². The van der Waals surface area contributed by atoms with Crippen molar-refractivity contribution in [3.8, 4) is 23.2 Å². The number of aromatic nitrogens is 4. The highest BCUT2D eigenvalue weighted by molar-refractivity contribution is 7.23. The van der Waals surface area contributed by atoms with Gasteiger partial charge in [-0.2, -0.15) is 15.2 Å². The molecule has 0 radical (unpaired) electrons. The average molecular weight is 692 g/mol. The smallest absolute Gasteiger partial charge is 0.319 e. The summed E-state index contributed by atoms with van der Waals surface area (Å²) in [5.74, 6) is -0.721. The van der Waals surface area contributed by atoms with Crippen molar-refractivity contribution in [1.82, 2.24) is 24.8 Å². The molecule has 4 atom stereocenters. The maximum Gasteiger partial charge on any atom is 0.319 e. The number of hydrogen-bond acceptors (Lipinski definition) is 12. The lowest BCUT2D eigenvalue weighted by atomic mass is 9.97. The molecular formula is C33H32ClF2N9O2S. The number of fused-ring (bicyclic) bond motifs is 3. The van der Waals surface area contributed by atoms with E-state index >= 15 is 4.39 Å². The number of nitrogen functional groups attached to an aromatic ring is 2. The number of hydrogen-bond donors (Lipinski definition) is 2. The summed E-state index contributed by atoms with van der Waals surface area (Å²) in [6.45, 7) is 5.72. The van der Waals surface area contributed by atoms with Gasteiger partial charge >= 0.3 is 6.01 Å². The molecule has 5 aromatic rings. The minimum Gasteiger partial charge on any atom is -0.462 e. The second-order valence-electron chi connectivity index (χ2n) is 12.2. The number of nitriles is 1. The molecule has 0 aliphatic carbocycles. The monoisotopic (exact) mass is 691 g/mol. The van der Waals surface area contributed by atoms with Crippen LogP contribution >= 0.6 is 22.9 Å². The van der Waals surface area contributed by atoms with Gasteiger partial charge in [-0.15, -0.1) is 11.3 Å². The lowest BCUT2D eigenvalue weighted by Crippen LogP contribution is -2.49. The molecule has 2 saturated heterocycles. The van der Waals surface area contributed by atoms with Crippen molar-refractivity contribution in [3.63, 3.8) is 0 Å². The Morgan fingerprint density at radius 3 is 2.85 bits per heavy atom. The van der Waals surface area contributed by atoms with Gasteiger partial charge in [0.15, 0.2) is 5.82 Å². The maximum atomic E-state index is 17.0. The van der Waals surface area contributed by atoms with Gasteiger partial charge in [0.25, 0.3) is 0 Å². The normalized spacial score (nSPS) is 20.1. The predicted molar refractivity (Wildman–Crippen MR) is 182 cm³/mol. The first-order chi connectivity index (χ1) is 23.1. The minimum absolute atomic E-state index is 0.0159. The SMILES string of the molecule is C[C@H](c1cncnc1N)N(C)c1nc(OC[C@H]2CC[C@H]3CO[C@@H](C)CN23)nc2c(F)c(-c3ccc(F)c4sc(N)c(C#N)c34)c(Cl)cc12. The number of thiophene rings is 1. The lowest BCUT2D eigenvalue weighted by molar-refractivity contribution is -0.0556. The fourth-order valence-electron chi connectivity index (χ4n) is 6.78. The molecule has 0 unspecified atom stereocenters. The largest absolute Gasteiger partial charge is 0.462 e. The van der Waals surface area contributed by atoms with Crippen LogP contribution in [0, 0.1) is 23.0 Å². The fraction of sp³-hybridized carbons (Fsp3) is 0.364. The molecule has 0 saturated carbocycles. The molecular weight excluding hydrogens is 660 g/mol. The summed E-state index contributed by atoms with van der Waals surface area (Å²) in [6.07, 6.45) is 5.01. The maximum absolute atomic E-state index is 17.0. The van der Waals surface area contributed by atoms with E-state index in [1.54, 1.807) is 24.2 Å². The third-order valence-corrected chi connectivity index (χ3v) is 10.7. The van der Waals surface area contributed by atoms with E-state index in [-0.39, 0.29) is 60.5 Å². The van der Waals surface area contributed by atoms with E-state index in [0.29, 0.717) is 41.8 Å². The standard InChI is InChI=1S/C33H32ClF2N9O2S/c1-15-11-45-17(12-46-15)4-5-18(45)13-47-33-42-28-20(32(43-33)44(3)16(2)22-10-40-14-41-30(22)38)8-23(34)26(27(28)36)19-6-7-24(35)29-25(19)21(9-37)31(39)48-29/h6-8,10,14-18H,4-5,11-13,39H2,1-3H3,(H2,38,40,41)/t15-,16+,17-,18+/m0/s1. The van der Waals surface area contributed by atoms with E-state index < -0.39 is 17.7 Å². The van der Waals surface area contributed by atoms with Crippen LogP contribution in [0.1, 0.15) is 43.9 Å². The summed E-state index contributed by atoms with van der Waals surface area (Å²) < 4.78 is 44.1. The highest BCUT2D eigenvalue weighted by Gasteiger charge is 2.38. The van der Waals surface area contributed by atoms with Gasteiger partial charge in [-0.25, -0.2) is 18.7 Å². The molecule has 0 bridgehead atoms. The number of anilines is 3. The van der Waals surface area contributed by atoms with Crippen LogP contribution in [-0.4, -0.2) is 69.8 Å². The summed E-state index contributed by atoms with van der Waals surface area (Å²) in [7, 11) is 1.79. The van der Waals surface area contributed by atoms with E-state index in [2.05, 4.69) is 26.8 Å². The number of morpholine rings is 1. The van der Waals surface area contributed by atoms with Gasteiger partial charge in [-0.1, -0.05) is 17.7 Å². The summed E-state index contributed by atoms with van der Waals surface area (Å²) in [5, 5.41) is 10.5. The number of halogens is 3. The van der Waals surface area contributed by atoms with Crippen molar-refractivity contribution in [1.29, 1.82) is 5.26 Å². The molecule has 4 N–H and O–H groups in total. The van der Waals surface area contributed by atoms with Gasteiger partial charge in [-0.05, 0) is 44.4 Å². The highest BCUT2D eigenvalue weighted by Crippen LogP contribution is 2.46. The molecule has 11 nitrogen and oxygen atoms in total. The van der Waals surface area contributed by atoms with Gasteiger partial charge in [0.1, 0.15) is 47.0 Å². The second kappa shape index (κ2) is 12.6. The molecule has 248 valence electrons. The third-order valence-electron chi connectivity index (χ3n) is 9.40. The number of nitrogens with zero attached hydrogens (tertiary/aromatic N) is 7. The molecule has 5 heterocycles. The van der Waals surface area contributed by atoms with E-state index in [4.69, 9.17) is 37.5 Å². The van der Waals surface area contributed by atoms with Crippen molar-refractivity contribution < 1.29 is 18.3 Å². The Morgan fingerprint density at radius 2 is 2.08 bits per heavy atom. The molecule has 2 aliphatic rings. The van der Waals surface area contributed by atoms with Gasteiger partial charge in [0.2, 0.25) is 0 Å². The Kier molecular flexibility index (Phi) is 8.41. The number of nitrogens with two attached hydrogens (primary N) is 2. The van der Waals surface area contributed by atoms with Crippen LogP contribution in [-0.2, 0) is 4.74 Å². The molecule has 48 heavy (non-hydrogen) atoms. The molecule has 15 heteroatoms. The van der Waals surface area contributed by atoms with Gasteiger partial charge in [0.05, 0.1) is 34.0 Å². The molecule has 0 spiro atoms. The van der Waals surface area contributed by atoms with E-state index in [1.165, 1.54) is 18.5 Å². The number of rotatable bonds is 7. The van der Waals surface area contributed by atoms with E-state index in [0.717, 1.165) is 30.7 Å². The van der Waals surface area contributed by atoms with Crippen LogP contribution in [0.2, 0.25) is 5.02 Å². The first-order valence-electron chi connectivity index (χ1n) is 15.5. The zero-order chi connectivity index (χ0) is 33.9. The molecule has 0 amide bonds. The number of benzene rings is 2. The Morgan fingerprint density at radius 1 is 1.27 bits per heavy atom. The van der Waals surface area contributed by atoms with E-state index in [1.807, 2.05) is 13.0 Å². The Hall–Kier alpha value is -4.42. The average Bonchev–Trinajstić information content (AvgIpc) is 3.64. The van der Waals surface area contributed by atoms with Gasteiger partial charge in [-0.3, -0.25) is 4.90 Å². The Bertz CT molecular complexity index is 2110. The van der Waals surface area contributed by atoms with Crippen LogP contribution < -0.4 is 21.1 Å². The van der Waals surface area contributed by atoms with Crippen molar-refractivity contribution >= 4 is 60.6 Å². The van der Waals surface area contributed by atoms with Gasteiger partial charge < -0.3 is 25.8 Å². The van der Waals surface area contributed by atoms with Gasteiger partial charge in [0, 0.05) is 53.8 Å². The Labute approximate surface area is 284 Å².